The van der Waals surface area contributed by atoms with Gasteiger partial charge < -0.3 is 5.32 Å². The first-order valence-electron chi connectivity index (χ1n) is 8.65. The number of rotatable bonds is 6. The molecule has 25 heavy (non-hydrogen) atoms. The Kier molecular flexibility index (Phi) is 5.30. The van der Waals surface area contributed by atoms with Crippen LogP contribution in [0.5, 0.6) is 0 Å². The van der Waals surface area contributed by atoms with Gasteiger partial charge in [-0.05, 0) is 38.0 Å². The summed E-state index contributed by atoms with van der Waals surface area (Å²) in [7, 11) is 0. The number of aryl methyl sites for hydroxylation is 2. The summed E-state index contributed by atoms with van der Waals surface area (Å²) in [5, 5.41) is 16.9. The lowest BCUT2D eigenvalue weighted by atomic mass is 9.96. The molecule has 1 aliphatic carbocycles. The molecule has 2 unspecified atom stereocenters. The van der Waals surface area contributed by atoms with E-state index in [1.807, 2.05) is 23.7 Å². The predicted octanol–water partition coefficient (Wildman–Crippen LogP) is 3.75. The van der Waals surface area contributed by atoms with Crippen molar-refractivity contribution in [3.8, 4) is 6.07 Å². The van der Waals surface area contributed by atoms with Crippen LogP contribution in [-0.4, -0.2) is 15.8 Å². The van der Waals surface area contributed by atoms with Gasteiger partial charge in [0.15, 0.2) is 0 Å². The standard InChI is InChI=1S/C20H23FN4/c1-14-20(15(2)25(24-14)11-3-10-22)17-6-9-19(12-17)23-13-16-4-7-18(21)8-5-16/h4-9,17,19,23H,3,11-13H2,1-2H3. The third kappa shape index (κ3) is 3.97. The highest BCUT2D eigenvalue weighted by Gasteiger charge is 2.25. The number of nitriles is 1. The van der Waals surface area contributed by atoms with Crippen molar-refractivity contribution in [3.63, 3.8) is 0 Å². The van der Waals surface area contributed by atoms with Crippen LogP contribution >= 0.6 is 0 Å². The van der Waals surface area contributed by atoms with Crippen molar-refractivity contribution in [3.05, 3.63) is 64.7 Å². The maximum absolute atomic E-state index is 13.0. The van der Waals surface area contributed by atoms with Gasteiger partial charge in [-0.2, -0.15) is 10.4 Å². The lowest BCUT2D eigenvalue weighted by Crippen LogP contribution is -2.25. The summed E-state index contributed by atoms with van der Waals surface area (Å²) < 4.78 is 14.9. The molecule has 5 heteroatoms. The van der Waals surface area contributed by atoms with Gasteiger partial charge in [0.25, 0.3) is 0 Å². The first-order chi connectivity index (χ1) is 12.1. The van der Waals surface area contributed by atoms with Crippen LogP contribution in [0.1, 0.15) is 41.3 Å². The Morgan fingerprint density at radius 2 is 2.04 bits per heavy atom. The second-order valence-corrected chi connectivity index (χ2v) is 6.56. The second-order valence-electron chi connectivity index (χ2n) is 6.56. The molecule has 0 spiro atoms. The molecule has 1 aromatic carbocycles. The fourth-order valence-corrected chi connectivity index (χ4v) is 3.54. The molecule has 0 saturated heterocycles. The molecule has 0 aliphatic heterocycles. The maximum Gasteiger partial charge on any atom is 0.123 e. The average Bonchev–Trinajstić information content (AvgIpc) is 3.16. The van der Waals surface area contributed by atoms with E-state index in [4.69, 9.17) is 5.26 Å². The fourth-order valence-electron chi connectivity index (χ4n) is 3.54. The van der Waals surface area contributed by atoms with Gasteiger partial charge in [-0.15, -0.1) is 0 Å². The molecule has 1 heterocycles. The van der Waals surface area contributed by atoms with Gasteiger partial charge in [0.1, 0.15) is 5.82 Å². The van der Waals surface area contributed by atoms with Gasteiger partial charge in [0.05, 0.1) is 24.7 Å². The topological polar surface area (TPSA) is 53.6 Å². The van der Waals surface area contributed by atoms with Crippen LogP contribution in [-0.2, 0) is 13.1 Å². The molecule has 0 radical (unpaired) electrons. The molecule has 0 fully saturated rings. The molecule has 2 atom stereocenters. The lowest BCUT2D eigenvalue weighted by molar-refractivity contribution is 0.556. The van der Waals surface area contributed by atoms with Crippen molar-refractivity contribution in [2.24, 2.45) is 0 Å². The van der Waals surface area contributed by atoms with E-state index in [2.05, 4.69) is 35.6 Å². The van der Waals surface area contributed by atoms with Gasteiger partial charge in [0, 0.05) is 29.8 Å². The minimum Gasteiger partial charge on any atom is -0.306 e. The SMILES string of the molecule is Cc1nn(CCC#N)c(C)c1C1C=CC(NCc2ccc(F)cc2)C1. The second kappa shape index (κ2) is 7.62. The summed E-state index contributed by atoms with van der Waals surface area (Å²) >= 11 is 0. The molecule has 3 rings (SSSR count). The van der Waals surface area contributed by atoms with Crippen molar-refractivity contribution in [1.29, 1.82) is 5.26 Å². The Balaban J connectivity index is 1.61. The number of nitrogens with zero attached hydrogens (tertiary/aromatic N) is 3. The largest absolute Gasteiger partial charge is 0.306 e. The minimum absolute atomic E-state index is 0.205. The summed E-state index contributed by atoms with van der Waals surface area (Å²) in [5.74, 6) is 0.144. The number of aromatic nitrogens is 2. The van der Waals surface area contributed by atoms with Crippen molar-refractivity contribution < 1.29 is 4.39 Å². The molecular formula is C20H23FN4. The van der Waals surface area contributed by atoms with E-state index in [0.717, 1.165) is 29.9 Å². The molecule has 1 aliphatic rings. The number of halogens is 1. The monoisotopic (exact) mass is 338 g/mol. The Bertz CT molecular complexity index is 798. The van der Waals surface area contributed by atoms with E-state index in [0.29, 0.717) is 24.9 Å². The summed E-state index contributed by atoms with van der Waals surface area (Å²) in [6.07, 6.45) is 5.92. The Morgan fingerprint density at radius 1 is 1.28 bits per heavy atom. The van der Waals surface area contributed by atoms with Gasteiger partial charge in [0.2, 0.25) is 0 Å². The Labute approximate surface area is 148 Å². The zero-order chi connectivity index (χ0) is 17.8. The van der Waals surface area contributed by atoms with Crippen LogP contribution in [0.3, 0.4) is 0 Å². The molecule has 2 aromatic rings. The van der Waals surface area contributed by atoms with E-state index in [-0.39, 0.29) is 5.82 Å². The summed E-state index contributed by atoms with van der Waals surface area (Å²) in [5.41, 5.74) is 4.56. The highest BCUT2D eigenvalue weighted by atomic mass is 19.1. The number of hydrogen-bond acceptors (Lipinski definition) is 3. The van der Waals surface area contributed by atoms with Crippen molar-refractivity contribution in [2.45, 2.75) is 51.7 Å². The molecule has 1 N–H and O–H groups in total. The van der Waals surface area contributed by atoms with Crippen molar-refractivity contribution in [1.82, 2.24) is 15.1 Å². The van der Waals surface area contributed by atoms with Crippen LogP contribution in [0, 0.1) is 31.0 Å². The van der Waals surface area contributed by atoms with E-state index in [1.165, 1.54) is 17.7 Å². The summed E-state index contributed by atoms with van der Waals surface area (Å²) in [4.78, 5) is 0. The fraction of sp³-hybridized carbons (Fsp3) is 0.400. The number of nitrogens with one attached hydrogen (secondary N) is 1. The lowest BCUT2D eigenvalue weighted by Gasteiger charge is -2.15. The molecule has 1 aromatic heterocycles. The molecule has 130 valence electrons. The Morgan fingerprint density at radius 3 is 2.76 bits per heavy atom. The van der Waals surface area contributed by atoms with Crippen LogP contribution in [0.4, 0.5) is 4.39 Å². The first-order valence-corrected chi connectivity index (χ1v) is 8.65. The minimum atomic E-state index is -0.205. The summed E-state index contributed by atoms with van der Waals surface area (Å²) in [6, 6.07) is 9.09. The third-order valence-electron chi connectivity index (χ3n) is 4.81. The number of hydrogen-bond donors (Lipinski definition) is 1. The van der Waals surface area contributed by atoms with Crippen molar-refractivity contribution >= 4 is 0 Å². The zero-order valence-electron chi connectivity index (χ0n) is 14.7. The van der Waals surface area contributed by atoms with Gasteiger partial charge in [-0.3, -0.25) is 4.68 Å². The number of allylic oxidation sites excluding steroid dienone is 1. The zero-order valence-corrected chi connectivity index (χ0v) is 14.7. The quantitative estimate of drug-likeness (QED) is 0.816. The molecule has 0 amide bonds. The smallest absolute Gasteiger partial charge is 0.123 e. The van der Waals surface area contributed by atoms with E-state index in [1.54, 1.807) is 0 Å². The van der Waals surface area contributed by atoms with E-state index in [9.17, 15) is 4.39 Å². The maximum atomic E-state index is 13.0. The average molecular weight is 338 g/mol. The number of benzene rings is 1. The van der Waals surface area contributed by atoms with Gasteiger partial charge in [-0.1, -0.05) is 24.3 Å². The molecular weight excluding hydrogens is 315 g/mol. The predicted molar refractivity (Wildman–Crippen MR) is 95.5 cm³/mol. The van der Waals surface area contributed by atoms with Crippen LogP contribution in [0.2, 0.25) is 0 Å². The van der Waals surface area contributed by atoms with Crippen LogP contribution in [0.15, 0.2) is 36.4 Å². The molecule has 0 saturated carbocycles. The van der Waals surface area contributed by atoms with Crippen LogP contribution in [0.25, 0.3) is 0 Å². The highest BCUT2D eigenvalue weighted by molar-refractivity contribution is 5.35. The van der Waals surface area contributed by atoms with E-state index >= 15 is 0 Å². The van der Waals surface area contributed by atoms with Crippen molar-refractivity contribution in [2.75, 3.05) is 0 Å². The highest BCUT2D eigenvalue weighted by Crippen LogP contribution is 2.33. The van der Waals surface area contributed by atoms with Crippen LogP contribution < -0.4 is 5.32 Å². The normalized spacial score (nSPS) is 19.3. The van der Waals surface area contributed by atoms with Gasteiger partial charge >= 0.3 is 0 Å². The molecule has 0 bridgehead atoms. The molecule has 4 nitrogen and oxygen atoms in total. The van der Waals surface area contributed by atoms with Gasteiger partial charge in [-0.25, -0.2) is 4.39 Å². The van der Waals surface area contributed by atoms with E-state index < -0.39 is 0 Å². The first kappa shape index (κ1) is 17.4. The Hall–Kier alpha value is -2.45. The third-order valence-corrected chi connectivity index (χ3v) is 4.81. The summed E-state index contributed by atoms with van der Waals surface area (Å²) in [6.45, 7) is 5.49.